The molecule has 0 spiro atoms. The van der Waals surface area contributed by atoms with Crippen molar-refractivity contribution in [2.45, 2.75) is 0 Å². The quantitative estimate of drug-likeness (QED) is 0.719. The molecule has 0 aliphatic rings. The van der Waals surface area contributed by atoms with Gasteiger partial charge in [-0.2, -0.15) is 5.26 Å². The molecule has 140 valence electrons. The Hall–Kier alpha value is -3.66. The van der Waals surface area contributed by atoms with E-state index in [1.807, 2.05) is 6.07 Å². The van der Waals surface area contributed by atoms with Gasteiger partial charge in [0.1, 0.15) is 6.07 Å². The molecule has 2 aromatic carbocycles. The van der Waals surface area contributed by atoms with Crippen molar-refractivity contribution in [3.63, 3.8) is 0 Å². The van der Waals surface area contributed by atoms with Crippen LogP contribution in [0, 0.1) is 11.3 Å². The van der Waals surface area contributed by atoms with Crippen LogP contribution in [0.5, 0.6) is 23.0 Å². The highest BCUT2D eigenvalue weighted by molar-refractivity contribution is 6.02. The molecule has 0 saturated carbocycles. The maximum atomic E-state index is 12.1. The number of benzene rings is 2. The molecule has 1 amide bonds. The van der Waals surface area contributed by atoms with Crippen LogP contribution in [0.4, 0.5) is 5.69 Å². The average Bonchev–Trinajstić information content (AvgIpc) is 2.70. The smallest absolute Gasteiger partial charge is 0.248 e. The number of hydrogen-bond donors (Lipinski definition) is 1. The number of hydrogen-bond acceptors (Lipinski definition) is 6. The van der Waals surface area contributed by atoms with E-state index >= 15 is 0 Å². The minimum atomic E-state index is -0.300. The minimum Gasteiger partial charge on any atom is -0.493 e. The predicted molar refractivity (Wildman–Crippen MR) is 101 cm³/mol. The van der Waals surface area contributed by atoms with Gasteiger partial charge in [-0.3, -0.25) is 4.79 Å². The van der Waals surface area contributed by atoms with Gasteiger partial charge in [0.15, 0.2) is 29.6 Å². The summed E-state index contributed by atoms with van der Waals surface area (Å²) in [5, 5.41) is 11.3. The van der Waals surface area contributed by atoms with E-state index in [4.69, 9.17) is 24.2 Å². The molecule has 0 radical (unpaired) electrons. The van der Waals surface area contributed by atoms with Gasteiger partial charge >= 0.3 is 0 Å². The van der Waals surface area contributed by atoms with Gasteiger partial charge in [0.2, 0.25) is 5.91 Å². The summed E-state index contributed by atoms with van der Waals surface area (Å²) in [7, 11) is 4.58. The molecule has 0 saturated heterocycles. The van der Waals surface area contributed by atoms with E-state index in [9.17, 15) is 4.79 Å². The van der Waals surface area contributed by atoms with Crippen LogP contribution in [0.15, 0.2) is 42.5 Å². The summed E-state index contributed by atoms with van der Waals surface area (Å²) in [5.74, 6) is 1.75. The Bertz CT molecular complexity index is 871. The average molecular weight is 368 g/mol. The van der Waals surface area contributed by atoms with E-state index in [1.54, 1.807) is 49.6 Å². The normalized spacial score (nSPS) is 10.1. The lowest BCUT2D eigenvalue weighted by atomic mass is 10.2. The van der Waals surface area contributed by atoms with Crippen LogP contribution < -0.4 is 24.3 Å². The van der Waals surface area contributed by atoms with E-state index in [0.717, 1.165) is 5.56 Å². The molecule has 1 N–H and O–H groups in total. The highest BCUT2D eigenvalue weighted by atomic mass is 16.5. The molecule has 0 bridgehead atoms. The number of carbonyl (C=O) groups excluding carboxylic acids is 1. The van der Waals surface area contributed by atoms with Crippen molar-refractivity contribution in [1.29, 1.82) is 5.26 Å². The van der Waals surface area contributed by atoms with Gasteiger partial charge in [-0.05, 0) is 35.9 Å². The van der Waals surface area contributed by atoms with E-state index in [1.165, 1.54) is 20.3 Å². The van der Waals surface area contributed by atoms with E-state index < -0.39 is 0 Å². The van der Waals surface area contributed by atoms with Crippen LogP contribution in [0.3, 0.4) is 0 Å². The number of nitrogens with one attached hydrogen (secondary N) is 1. The molecular weight excluding hydrogens is 348 g/mol. The molecule has 0 atom stereocenters. The highest BCUT2D eigenvalue weighted by Crippen LogP contribution is 2.30. The van der Waals surface area contributed by atoms with Crippen molar-refractivity contribution >= 4 is 17.7 Å². The Morgan fingerprint density at radius 3 is 2.33 bits per heavy atom. The number of nitrogens with zero attached hydrogens (tertiary/aromatic N) is 1. The van der Waals surface area contributed by atoms with Gasteiger partial charge in [-0.25, -0.2) is 0 Å². The van der Waals surface area contributed by atoms with E-state index in [-0.39, 0.29) is 12.5 Å². The van der Waals surface area contributed by atoms with Gasteiger partial charge in [-0.15, -0.1) is 0 Å². The maximum absolute atomic E-state index is 12.1. The third-order valence-corrected chi connectivity index (χ3v) is 3.56. The van der Waals surface area contributed by atoms with Crippen molar-refractivity contribution in [3.8, 4) is 29.1 Å². The van der Waals surface area contributed by atoms with Crippen molar-refractivity contribution in [2.75, 3.05) is 33.3 Å². The van der Waals surface area contributed by atoms with E-state index in [2.05, 4.69) is 5.32 Å². The van der Waals surface area contributed by atoms with Crippen LogP contribution in [-0.2, 0) is 4.79 Å². The number of carbonyl (C=O) groups is 1. The molecule has 0 aromatic heterocycles. The lowest BCUT2D eigenvalue weighted by molar-refractivity contribution is -0.111. The Morgan fingerprint density at radius 2 is 1.67 bits per heavy atom. The van der Waals surface area contributed by atoms with Crippen LogP contribution >= 0.6 is 0 Å². The first-order valence-corrected chi connectivity index (χ1v) is 8.00. The van der Waals surface area contributed by atoms with Crippen LogP contribution in [-0.4, -0.2) is 33.8 Å². The Balaban J connectivity index is 2.07. The van der Waals surface area contributed by atoms with Gasteiger partial charge in [-0.1, -0.05) is 6.07 Å². The van der Waals surface area contributed by atoms with Crippen LogP contribution in [0.1, 0.15) is 5.56 Å². The number of ether oxygens (including phenoxy) is 4. The number of nitriles is 1. The lowest BCUT2D eigenvalue weighted by Gasteiger charge is -2.10. The summed E-state index contributed by atoms with van der Waals surface area (Å²) < 4.78 is 20.9. The largest absolute Gasteiger partial charge is 0.493 e. The molecule has 27 heavy (non-hydrogen) atoms. The van der Waals surface area contributed by atoms with Crippen molar-refractivity contribution in [1.82, 2.24) is 0 Å². The Labute approximate surface area is 157 Å². The third kappa shape index (κ3) is 5.41. The predicted octanol–water partition coefficient (Wildman–Crippen LogP) is 3.27. The van der Waals surface area contributed by atoms with Crippen molar-refractivity contribution < 1.29 is 23.7 Å². The lowest BCUT2D eigenvalue weighted by Crippen LogP contribution is -2.08. The molecule has 7 nitrogen and oxygen atoms in total. The fourth-order valence-electron chi connectivity index (χ4n) is 2.29. The fraction of sp³-hybridized carbons (Fsp3) is 0.200. The number of anilines is 1. The Kier molecular flexibility index (Phi) is 7.08. The summed E-state index contributed by atoms with van der Waals surface area (Å²) in [6.45, 7) is -0.0702. The topological polar surface area (TPSA) is 89.8 Å². The first-order valence-electron chi connectivity index (χ1n) is 8.00. The number of rotatable bonds is 8. The molecule has 0 aliphatic carbocycles. The molecular formula is C20H20N2O5. The monoisotopic (exact) mass is 368 g/mol. The molecule has 0 aliphatic heterocycles. The number of amides is 1. The Morgan fingerprint density at radius 1 is 1.00 bits per heavy atom. The van der Waals surface area contributed by atoms with E-state index in [0.29, 0.717) is 28.7 Å². The third-order valence-electron chi connectivity index (χ3n) is 3.56. The summed E-state index contributed by atoms with van der Waals surface area (Å²) in [6, 6.07) is 12.2. The first kappa shape index (κ1) is 19.7. The molecule has 0 unspecified atom stereocenters. The molecule has 7 heteroatoms. The van der Waals surface area contributed by atoms with Crippen molar-refractivity contribution in [2.24, 2.45) is 0 Å². The summed E-state index contributed by atoms with van der Waals surface area (Å²) in [5.41, 5.74) is 1.33. The van der Waals surface area contributed by atoms with Gasteiger partial charge < -0.3 is 24.3 Å². The van der Waals surface area contributed by atoms with Crippen LogP contribution in [0.2, 0.25) is 0 Å². The molecule has 2 rings (SSSR count). The summed E-state index contributed by atoms with van der Waals surface area (Å²) in [6.07, 6.45) is 3.05. The van der Waals surface area contributed by atoms with Crippen LogP contribution in [0.25, 0.3) is 6.08 Å². The molecule has 2 aromatic rings. The zero-order valence-corrected chi connectivity index (χ0v) is 15.3. The SMILES string of the molecule is COc1ccc(NC(=O)/C=C/c2ccc(OCC#N)c(OC)c2)cc1OC. The second-order valence-corrected chi connectivity index (χ2v) is 5.25. The minimum absolute atomic E-state index is 0.0702. The zero-order valence-electron chi connectivity index (χ0n) is 15.3. The first-order chi connectivity index (χ1) is 13.1. The van der Waals surface area contributed by atoms with Crippen molar-refractivity contribution in [3.05, 3.63) is 48.0 Å². The molecule has 0 heterocycles. The second kappa shape index (κ2) is 9.73. The maximum Gasteiger partial charge on any atom is 0.248 e. The fourth-order valence-corrected chi connectivity index (χ4v) is 2.29. The standard InChI is InChI=1S/C20H20N2O5/c1-24-16-8-6-15(13-19(16)26-3)22-20(23)9-5-14-4-7-17(27-11-10-21)18(12-14)25-2/h4-9,12-13H,11H2,1-3H3,(H,22,23)/b9-5+. The highest BCUT2D eigenvalue weighted by Gasteiger charge is 2.07. The summed E-state index contributed by atoms with van der Waals surface area (Å²) in [4.78, 5) is 12.1. The number of methoxy groups -OCH3 is 3. The zero-order chi connectivity index (χ0) is 19.6. The van der Waals surface area contributed by atoms with Gasteiger partial charge in [0.05, 0.1) is 21.3 Å². The van der Waals surface area contributed by atoms with Gasteiger partial charge in [0, 0.05) is 17.8 Å². The summed E-state index contributed by atoms with van der Waals surface area (Å²) >= 11 is 0. The second-order valence-electron chi connectivity index (χ2n) is 5.25. The molecule has 0 fully saturated rings. The van der Waals surface area contributed by atoms with Gasteiger partial charge in [0.25, 0.3) is 0 Å².